The van der Waals surface area contributed by atoms with E-state index in [1.54, 1.807) is 0 Å². The van der Waals surface area contributed by atoms with Crippen molar-refractivity contribution in [2.75, 3.05) is 21.4 Å². The van der Waals surface area contributed by atoms with Gasteiger partial charge in [-0.3, -0.25) is 4.90 Å². The molecule has 0 saturated carbocycles. The van der Waals surface area contributed by atoms with Gasteiger partial charge in [0.25, 0.3) is 0 Å². The van der Waals surface area contributed by atoms with Crippen LogP contribution in [0.25, 0.3) is 44.5 Å². The molecule has 0 unspecified atom stereocenters. The SMILES string of the molecule is [2H]c1c([2H])c([2H])c(-c2cccc(-c3cc(C(C)(C)C)cc(C(C)(C)C)c3)c2N2CN(c3cccc(Oc4ccc5c(c4)N(c4cc(C)c(-c6ccc(C(C)(C)C)cc6)cn4)c4ccccc4[Si]54c5cc(C(C)(C)C)ccc5-c5ccc(C(C)(C)C)cc54)c3)c3ccccc32)c([2H])c1[2H]. The van der Waals surface area contributed by atoms with Crippen molar-refractivity contribution in [3.05, 3.63) is 264 Å². The van der Waals surface area contributed by atoms with Gasteiger partial charge in [-0.1, -0.05) is 274 Å². The molecule has 1 spiro atoms. The maximum atomic E-state index is 9.42. The van der Waals surface area contributed by atoms with E-state index in [-0.39, 0.29) is 56.8 Å². The summed E-state index contributed by atoms with van der Waals surface area (Å²) in [7, 11) is -3.18. The Morgan fingerprint density at radius 3 is 1.51 bits per heavy atom. The standard InChI is InChI=1S/C87H88N4OSi/c1-56-46-81(88-54-72(56)58-36-38-60(39-37-58)83(2,3)4)91-75-34-22-23-35-77(75)93(79-50-61(84(5,6)7)40-43-70(79)71-44-41-62(51-80(71)93)85(8,9)10)78-45-42-67(53-76(78)91)92-66-29-24-28-65(52-66)89-55-90(74-33-21-20-32-73(74)89)82-68(57-26-18-17-19-27-57)30-25-31-69(82)59-47-63(86(11,12)13)49-64(48-59)87(14,15)16/h17-54H,55H2,1-16H3/i17D,18D,19D,26D,27D. The second kappa shape index (κ2) is 22.2. The summed E-state index contributed by atoms with van der Waals surface area (Å²) < 4.78 is 52.6. The fraction of sp³-hybridized carbons (Fsp3) is 0.253. The Labute approximate surface area is 561 Å². The molecule has 11 aromatic rings. The van der Waals surface area contributed by atoms with E-state index >= 15 is 0 Å². The quantitative estimate of drug-likeness (QED) is 0.142. The molecule has 0 fully saturated rings. The third-order valence-corrected chi connectivity index (χ3v) is 24.5. The van der Waals surface area contributed by atoms with Crippen molar-refractivity contribution < 1.29 is 11.6 Å². The first-order valence-electron chi connectivity index (χ1n) is 35.4. The van der Waals surface area contributed by atoms with Crippen LogP contribution < -0.4 is 40.2 Å². The van der Waals surface area contributed by atoms with E-state index in [0.29, 0.717) is 23.7 Å². The van der Waals surface area contributed by atoms with Crippen molar-refractivity contribution >= 4 is 68.8 Å². The maximum absolute atomic E-state index is 9.42. The molecule has 3 aliphatic heterocycles. The average molecular weight is 1240 g/mol. The van der Waals surface area contributed by atoms with Gasteiger partial charge in [0.05, 0.1) is 29.6 Å². The van der Waals surface area contributed by atoms with Gasteiger partial charge in [0.1, 0.15) is 24.0 Å². The molecule has 3 aliphatic rings. The summed E-state index contributed by atoms with van der Waals surface area (Å²) in [5.41, 5.74) is 19.8. The number of pyridine rings is 1. The van der Waals surface area contributed by atoms with E-state index in [1.165, 1.54) is 59.7 Å². The lowest BCUT2D eigenvalue weighted by atomic mass is 9.78. The molecular weight excluding hydrogens is 1150 g/mol. The van der Waals surface area contributed by atoms with Crippen LogP contribution in [0.5, 0.6) is 11.5 Å². The van der Waals surface area contributed by atoms with Crippen LogP contribution >= 0.6 is 0 Å². The molecule has 1 aromatic heterocycles. The lowest BCUT2D eigenvalue weighted by Crippen LogP contribution is -2.75. The number of benzene rings is 10. The van der Waals surface area contributed by atoms with Gasteiger partial charge in [-0.2, -0.15) is 0 Å². The van der Waals surface area contributed by atoms with Crippen molar-refractivity contribution in [2.24, 2.45) is 0 Å². The van der Waals surface area contributed by atoms with Gasteiger partial charge >= 0.3 is 0 Å². The van der Waals surface area contributed by atoms with Crippen molar-refractivity contribution in [1.29, 1.82) is 0 Å². The zero-order chi connectivity index (χ0) is 69.7. The number of aromatic nitrogens is 1. The van der Waals surface area contributed by atoms with Gasteiger partial charge in [-0.25, -0.2) is 4.98 Å². The Bertz CT molecular complexity index is 4930. The third-order valence-electron chi connectivity index (χ3n) is 19.6. The average Bonchev–Trinajstić information content (AvgIpc) is 1.46. The van der Waals surface area contributed by atoms with E-state index in [1.807, 2.05) is 30.3 Å². The number of hydrogen-bond acceptors (Lipinski definition) is 5. The summed E-state index contributed by atoms with van der Waals surface area (Å²) in [4.78, 5) is 12.4. The van der Waals surface area contributed by atoms with E-state index in [9.17, 15) is 2.74 Å². The minimum absolute atomic E-state index is 0.0307. The number of rotatable bonds is 8. The lowest BCUT2D eigenvalue weighted by Gasteiger charge is -2.43. The number of nitrogens with zero attached hydrogens (tertiary/aromatic N) is 4. The van der Waals surface area contributed by atoms with Gasteiger partial charge in [-0.05, 0) is 158 Å². The number of anilines is 7. The normalized spacial score (nSPS) is 15.0. The number of aryl methyl sites for hydroxylation is 1. The summed E-state index contributed by atoms with van der Waals surface area (Å²) in [6.45, 7) is 36.6. The molecule has 0 saturated heterocycles. The number of hydrogen-bond donors (Lipinski definition) is 0. The Balaban J connectivity index is 0.926. The zero-order valence-electron chi connectivity index (χ0n) is 62.0. The Hall–Kier alpha value is -9.23. The molecule has 0 aliphatic carbocycles. The van der Waals surface area contributed by atoms with Crippen LogP contribution in [-0.4, -0.2) is 19.7 Å². The predicted octanol–water partition coefficient (Wildman–Crippen LogP) is 21.1. The van der Waals surface area contributed by atoms with Crippen molar-refractivity contribution in [1.82, 2.24) is 4.98 Å². The lowest BCUT2D eigenvalue weighted by molar-refractivity contribution is 0.483. The third kappa shape index (κ3) is 10.7. The largest absolute Gasteiger partial charge is 0.457 e. The monoisotopic (exact) mass is 1240 g/mol. The van der Waals surface area contributed by atoms with E-state index < -0.39 is 14.1 Å². The highest BCUT2D eigenvalue weighted by molar-refractivity contribution is 7.23. The second-order valence-corrected chi connectivity index (χ2v) is 34.7. The van der Waals surface area contributed by atoms with Gasteiger partial charge in [0.2, 0.25) is 0 Å². The topological polar surface area (TPSA) is 31.8 Å². The molecule has 10 aromatic carbocycles. The summed E-state index contributed by atoms with van der Waals surface area (Å²) in [6, 6.07) is 69.5. The van der Waals surface area contributed by atoms with Crippen LogP contribution in [0.2, 0.25) is 0 Å². The van der Waals surface area contributed by atoms with Crippen LogP contribution in [0.4, 0.5) is 39.9 Å². The molecule has 93 heavy (non-hydrogen) atoms. The summed E-state index contributed by atoms with van der Waals surface area (Å²) in [6.07, 6.45) is 2.05. The van der Waals surface area contributed by atoms with E-state index in [4.69, 9.17) is 13.8 Å². The molecule has 0 amide bonds. The molecule has 0 N–H and O–H groups in total. The Kier molecular flexibility index (Phi) is 13.2. The summed E-state index contributed by atoms with van der Waals surface area (Å²) >= 11 is 0. The predicted molar refractivity (Wildman–Crippen MR) is 398 cm³/mol. The molecule has 4 heterocycles. The highest BCUT2D eigenvalue weighted by atomic mass is 28.3. The van der Waals surface area contributed by atoms with Crippen LogP contribution in [0, 0.1) is 6.92 Å². The maximum Gasteiger partial charge on any atom is 0.185 e. The molecule has 0 bridgehead atoms. The molecule has 6 heteroatoms. The molecule has 14 rings (SSSR count). The first kappa shape index (κ1) is 55.4. The van der Waals surface area contributed by atoms with Crippen LogP contribution in [0.15, 0.2) is 231 Å². The summed E-state index contributed by atoms with van der Waals surface area (Å²) in [5.74, 6) is 2.16. The molecule has 0 atom stereocenters. The first-order valence-corrected chi connectivity index (χ1v) is 34.9. The fourth-order valence-electron chi connectivity index (χ4n) is 14.3. The highest BCUT2D eigenvalue weighted by Gasteiger charge is 2.55. The van der Waals surface area contributed by atoms with Gasteiger partial charge in [-0.15, -0.1) is 0 Å². The van der Waals surface area contributed by atoms with Crippen molar-refractivity contribution in [2.45, 2.75) is 138 Å². The van der Waals surface area contributed by atoms with Crippen LogP contribution in [0.3, 0.4) is 0 Å². The minimum atomic E-state index is -3.18. The second-order valence-electron chi connectivity index (χ2n) is 31.1. The number of ether oxygens (including phenoxy) is 1. The molecule has 5 nitrogen and oxygen atoms in total. The van der Waals surface area contributed by atoms with Gasteiger partial charge in [0.15, 0.2) is 8.07 Å². The first-order chi connectivity index (χ1) is 46.2. The van der Waals surface area contributed by atoms with Crippen molar-refractivity contribution in [3.8, 4) is 56.0 Å². The van der Waals surface area contributed by atoms with E-state index in [0.717, 1.165) is 67.8 Å². The van der Waals surface area contributed by atoms with Gasteiger partial charge < -0.3 is 14.5 Å². The van der Waals surface area contributed by atoms with Crippen molar-refractivity contribution in [3.63, 3.8) is 0 Å². The summed E-state index contributed by atoms with van der Waals surface area (Å²) in [5, 5.41) is 5.39. The van der Waals surface area contributed by atoms with Crippen LogP contribution in [0.1, 0.15) is 144 Å². The zero-order valence-corrected chi connectivity index (χ0v) is 58.0. The van der Waals surface area contributed by atoms with E-state index in [2.05, 4.69) is 295 Å². The fourth-order valence-corrected chi connectivity index (χ4v) is 19.9. The smallest absolute Gasteiger partial charge is 0.185 e. The van der Waals surface area contributed by atoms with Gasteiger partial charge in [0, 0.05) is 46.4 Å². The Morgan fingerprint density at radius 2 is 0.914 bits per heavy atom. The molecule has 466 valence electrons. The number of para-hydroxylation sites is 4. The number of fused-ring (bicyclic) bond motifs is 10. The minimum Gasteiger partial charge on any atom is -0.457 e. The van der Waals surface area contributed by atoms with Crippen LogP contribution in [-0.2, 0) is 27.1 Å². The molecular formula is C87H88N4OSi. The molecule has 0 radical (unpaired) electrons. The highest BCUT2D eigenvalue weighted by Crippen LogP contribution is 2.52. The Morgan fingerprint density at radius 1 is 0.387 bits per heavy atom.